The van der Waals surface area contributed by atoms with Gasteiger partial charge in [-0.1, -0.05) is 26.0 Å². The van der Waals surface area contributed by atoms with Crippen LogP contribution < -0.4 is 5.32 Å². The molecule has 2 rings (SSSR count). The summed E-state index contributed by atoms with van der Waals surface area (Å²) < 4.78 is 30.5. The van der Waals surface area contributed by atoms with Gasteiger partial charge in [0.25, 0.3) is 0 Å². The Morgan fingerprint density at radius 3 is 2.43 bits per heavy atom. The molecule has 0 amide bonds. The molecule has 0 saturated carbocycles. The van der Waals surface area contributed by atoms with Crippen LogP contribution in [0.1, 0.15) is 31.7 Å². The Morgan fingerprint density at radius 1 is 1.29 bits per heavy atom. The third-order valence-corrected chi connectivity index (χ3v) is 6.00. The van der Waals surface area contributed by atoms with E-state index in [1.54, 1.807) is 12.1 Å². The zero-order valence-corrected chi connectivity index (χ0v) is 13.8. The Kier molecular flexibility index (Phi) is 5.41. The number of sulfone groups is 1. The molecule has 1 saturated heterocycles. The number of nitrogens with one attached hydrogen (secondary N) is 1. The number of rotatable bonds is 6. The quantitative estimate of drug-likeness (QED) is 0.875. The van der Waals surface area contributed by atoms with Gasteiger partial charge in [0.1, 0.15) is 0 Å². The molecule has 1 aromatic carbocycles. The van der Waals surface area contributed by atoms with Gasteiger partial charge in [-0.15, -0.1) is 0 Å². The SMILES string of the molecule is CNC(CS(=O)(=O)c1ccc(C(C)C)cc1)C1CCOC1. The fraction of sp³-hybridized carbons (Fsp3) is 0.625. The highest BCUT2D eigenvalue weighted by molar-refractivity contribution is 7.91. The second-order valence-corrected chi connectivity index (χ2v) is 8.06. The summed E-state index contributed by atoms with van der Waals surface area (Å²) in [5, 5.41) is 3.14. The molecule has 1 heterocycles. The molecule has 1 aliphatic rings. The minimum absolute atomic E-state index is 0.0534. The molecule has 0 aromatic heterocycles. The largest absolute Gasteiger partial charge is 0.381 e. The lowest BCUT2D eigenvalue weighted by atomic mass is 10.0. The van der Waals surface area contributed by atoms with Crippen LogP contribution in [-0.2, 0) is 14.6 Å². The maximum Gasteiger partial charge on any atom is 0.179 e. The van der Waals surface area contributed by atoms with E-state index in [0.717, 1.165) is 18.6 Å². The lowest BCUT2D eigenvalue weighted by Gasteiger charge is -2.21. The van der Waals surface area contributed by atoms with Gasteiger partial charge in [-0.25, -0.2) is 8.42 Å². The first kappa shape index (κ1) is 16.5. The van der Waals surface area contributed by atoms with Crippen LogP contribution in [0.3, 0.4) is 0 Å². The second kappa shape index (κ2) is 6.90. The van der Waals surface area contributed by atoms with E-state index < -0.39 is 9.84 Å². The molecule has 1 aliphatic heterocycles. The van der Waals surface area contributed by atoms with Crippen molar-refractivity contribution in [2.45, 2.75) is 37.1 Å². The molecule has 5 heteroatoms. The van der Waals surface area contributed by atoms with Gasteiger partial charge >= 0.3 is 0 Å². The highest BCUT2D eigenvalue weighted by Crippen LogP contribution is 2.22. The summed E-state index contributed by atoms with van der Waals surface area (Å²) in [6.45, 7) is 5.57. The fourth-order valence-corrected chi connectivity index (χ4v) is 4.37. The van der Waals surface area contributed by atoms with Crippen LogP contribution in [0.5, 0.6) is 0 Å². The predicted molar refractivity (Wildman–Crippen MR) is 84.4 cm³/mol. The Bertz CT molecular complexity index is 545. The first-order valence-electron chi connectivity index (χ1n) is 7.51. The van der Waals surface area contributed by atoms with E-state index in [2.05, 4.69) is 19.2 Å². The number of hydrogen-bond donors (Lipinski definition) is 1. The van der Waals surface area contributed by atoms with Crippen molar-refractivity contribution >= 4 is 9.84 Å². The van der Waals surface area contributed by atoms with Crippen molar-refractivity contribution in [1.29, 1.82) is 0 Å². The minimum Gasteiger partial charge on any atom is -0.381 e. The van der Waals surface area contributed by atoms with E-state index >= 15 is 0 Å². The molecule has 118 valence electrons. The second-order valence-electron chi connectivity index (χ2n) is 6.02. The average molecular weight is 311 g/mol. The van der Waals surface area contributed by atoms with Crippen molar-refractivity contribution in [3.63, 3.8) is 0 Å². The van der Waals surface area contributed by atoms with Crippen molar-refractivity contribution in [2.24, 2.45) is 5.92 Å². The maximum absolute atomic E-state index is 12.6. The number of hydrogen-bond acceptors (Lipinski definition) is 4. The molecular formula is C16H25NO3S. The highest BCUT2D eigenvalue weighted by Gasteiger charge is 2.29. The van der Waals surface area contributed by atoms with Gasteiger partial charge in [-0.2, -0.15) is 0 Å². The fourth-order valence-electron chi connectivity index (χ4n) is 2.72. The van der Waals surface area contributed by atoms with Crippen molar-refractivity contribution in [1.82, 2.24) is 5.32 Å². The van der Waals surface area contributed by atoms with Crippen LogP contribution >= 0.6 is 0 Å². The predicted octanol–water partition coefficient (Wildman–Crippen LogP) is 2.21. The van der Waals surface area contributed by atoms with Gasteiger partial charge < -0.3 is 10.1 Å². The molecule has 0 bridgehead atoms. The minimum atomic E-state index is -3.27. The van der Waals surface area contributed by atoms with Gasteiger partial charge in [0, 0.05) is 18.6 Å². The summed E-state index contributed by atoms with van der Waals surface area (Å²) in [4.78, 5) is 0.408. The molecule has 1 N–H and O–H groups in total. The summed E-state index contributed by atoms with van der Waals surface area (Å²) >= 11 is 0. The molecular weight excluding hydrogens is 286 g/mol. The van der Waals surface area contributed by atoms with Gasteiger partial charge in [-0.3, -0.25) is 0 Å². The standard InChI is InChI=1S/C16H25NO3S/c1-12(2)13-4-6-15(7-5-13)21(18,19)11-16(17-3)14-8-9-20-10-14/h4-7,12,14,16-17H,8-11H2,1-3H3. The molecule has 0 spiro atoms. The zero-order chi connectivity index (χ0) is 15.5. The molecule has 2 unspecified atom stereocenters. The Hall–Kier alpha value is -0.910. The van der Waals surface area contributed by atoms with E-state index in [1.807, 2.05) is 19.2 Å². The van der Waals surface area contributed by atoms with Crippen molar-refractivity contribution in [2.75, 3.05) is 26.0 Å². The first-order valence-corrected chi connectivity index (χ1v) is 9.17. The monoisotopic (exact) mass is 311 g/mol. The van der Waals surface area contributed by atoms with E-state index in [0.29, 0.717) is 17.4 Å². The van der Waals surface area contributed by atoms with Gasteiger partial charge in [-0.05, 0) is 37.1 Å². The third kappa shape index (κ3) is 4.05. The van der Waals surface area contributed by atoms with E-state index in [-0.39, 0.29) is 17.7 Å². The summed E-state index contributed by atoms with van der Waals surface area (Å²) in [6, 6.07) is 7.21. The molecule has 4 nitrogen and oxygen atoms in total. The summed E-state index contributed by atoms with van der Waals surface area (Å²) in [5.41, 5.74) is 1.16. The third-order valence-electron chi connectivity index (χ3n) is 4.21. The molecule has 1 aromatic rings. The smallest absolute Gasteiger partial charge is 0.179 e. The molecule has 1 fully saturated rings. The first-order chi connectivity index (χ1) is 9.94. The summed E-state index contributed by atoms with van der Waals surface area (Å²) in [5.74, 6) is 0.806. The van der Waals surface area contributed by atoms with Gasteiger partial charge in [0.2, 0.25) is 0 Å². The Labute approximate surface area is 127 Å². The molecule has 0 aliphatic carbocycles. The number of ether oxygens (including phenoxy) is 1. The topological polar surface area (TPSA) is 55.4 Å². The average Bonchev–Trinajstić information content (AvgIpc) is 2.99. The Morgan fingerprint density at radius 2 is 1.95 bits per heavy atom. The summed E-state index contributed by atoms with van der Waals surface area (Å²) in [7, 11) is -1.45. The van der Waals surface area contributed by atoms with E-state index in [1.165, 1.54) is 0 Å². The van der Waals surface area contributed by atoms with Gasteiger partial charge in [0.05, 0.1) is 17.3 Å². The van der Waals surface area contributed by atoms with E-state index in [9.17, 15) is 8.42 Å². The molecule has 0 radical (unpaired) electrons. The van der Waals surface area contributed by atoms with Crippen molar-refractivity contribution in [3.05, 3.63) is 29.8 Å². The normalized spacial score (nSPS) is 20.9. The van der Waals surface area contributed by atoms with E-state index in [4.69, 9.17) is 4.74 Å². The molecule has 2 atom stereocenters. The van der Waals surface area contributed by atoms with Crippen LogP contribution in [-0.4, -0.2) is 40.5 Å². The van der Waals surface area contributed by atoms with Gasteiger partial charge in [0.15, 0.2) is 9.84 Å². The van der Waals surface area contributed by atoms with Crippen LogP contribution in [0.25, 0.3) is 0 Å². The van der Waals surface area contributed by atoms with Crippen molar-refractivity contribution < 1.29 is 13.2 Å². The molecule has 21 heavy (non-hydrogen) atoms. The highest BCUT2D eigenvalue weighted by atomic mass is 32.2. The lowest BCUT2D eigenvalue weighted by Crippen LogP contribution is -2.40. The van der Waals surface area contributed by atoms with Crippen LogP contribution in [0.4, 0.5) is 0 Å². The lowest BCUT2D eigenvalue weighted by molar-refractivity contribution is 0.179. The van der Waals surface area contributed by atoms with Crippen LogP contribution in [0.15, 0.2) is 29.2 Å². The zero-order valence-electron chi connectivity index (χ0n) is 13.0. The maximum atomic E-state index is 12.6. The number of benzene rings is 1. The summed E-state index contributed by atoms with van der Waals surface area (Å²) in [6.07, 6.45) is 0.924. The Balaban J connectivity index is 2.12. The van der Waals surface area contributed by atoms with Crippen LogP contribution in [0, 0.1) is 5.92 Å². The van der Waals surface area contributed by atoms with Crippen molar-refractivity contribution in [3.8, 4) is 0 Å². The van der Waals surface area contributed by atoms with Crippen LogP contribution in [0.2, 0.25) is 0 Å².